The van der Waals surface area contributed by atoms with Crippen LogP contribution in [0.4, 0.5) is 4.39 Å². The summed E-state index contributed by atoms with van der Waals surface area (Å²) in [6.07, 6.45) is 5.82. The Hall–Kier alpha value is -2.46. The van der Waals surface area contributed by atoms with Crippen molar-refractivity contribution in [2.24, 2.45) is 0 Å². The van der Waals surface area contributed by atoms with E-state index in [0.717, 1.165) is 17.9 Å². The average molecular weight is 398 g/mol. The molecule has 2 aliphatic rings. The van der Waals surface area contributed by atoms with E-state index in [1.165, 1.54) is 12.2 Å². The molecule has 28 heavy (non-hydrogen) atoms. The molecule has 0 spiro atoms. The van der Waals surface area contributed by atoms with Gasteiger partial charge in [0.2, 0.25) is 18.2 Å². The summed E-state index contributed by atoms with van der Waals surface area (Å²) in [5, 5.41) is 23.1. The monoisotopic (exact) mass is 398 g/mol. The number of rotatable bonds is 9. The molecule has 3 amide bonds. The third kappa shape index (κ3) is 5.52. The summed E-state index contributed by atoms with van der Waals surface area (Å²) in [6, 6.07) is -1.38. The molecule has 0 radical (unpaired) electrons. The Kier molecular flexibility index (Phi) is 7.94. The molecule has 0 aromatic heterocycles. The maximum absolute atomic E-state index is 13.2. The van der Waals surface area contributed by atoms with Gasteiger partial charge in [-0.3, -0.25) is 30.1 Å². The zero-order valence-corrected chi connectivity index (χ0v) is 15.9. The second kappa shape index (κ2) is 10.2. The molecular formula is C18H27FN4O5. The number of nitrogens with zero attached hydrogens (tertiary/aromatic N) is 3. The van der Waals surface area contributed by atoms with Crippen LogP contribution in [0.25, 0.3) is 0 Å². The van der Waals surface area contributed by atoms with Crippen LogP contribution in [-0.4, -0.2) is 68.8 Å². The Morgan fingerprint density at radius 3 is 2.86 bits per heavy atom. The highest BCUT2D eigenvalue weighted by molar-refractivity contribution is 5.98. The van der Waals surface area contributed by atoms with Crippen molar-refractivity contribution in [3.63, 3.8) is 0 Å². The minimum absolute atomic E-state index is 0.198. The average Bonchev–Trinajstić information content (AvgIpc) is 3.14. The minimum atomic E-state index is -0.702. The van der Waals surface area contributed by atoms with Crippen molar-refractivity contribution in [1.82, 2.24) is 20.3 Å². The van der Waals surface area contributed by atoms with Gasteiger partial charge in [-0.05, 0) is 31.4 Å². The maximum atomic E-state index is 13.2. The van der Waals surface area contributed by atoms with Gasteiger partial charge in [0.1, 0.15) is 17.7 Å². The summed E-state index contributed by atoms with van der Waals surface area (Å²) in [5.41, 5.74) is 0. The van der Waals surface area contributed by atoms with Crippen LogP contribution in [0.15, 0.2) is 23.8 Å². The summed E-state index contributed by atoms with van der Waals surface area (Å²) in [7, 11) is 0. The summed E-state index contributed by atoms with van der Waals surface area (Å²) >= 11 is 0. The molecule has 1 fully saturated rings. The fourth-order valence-electron chi connectivity index (χ4n) is 3.42. The Balaban J connectivity index is 1.98. The summed E-state index contributed by atoms with van der Waals surface area (Å²) in [5.74, 6) is -1.32. The van der Waals surface area contributed by atoms with Gasteiger partial charge in [0.25, 0.3) is 0 Å². The number of halogens is 1. The number of hydroxylamine groups is 4. The van der Waals surface area contributed by atoms with Crippen LogP contribution >= 0.6 is 0 Å². The Morgan fingerprint density at radius 2 is 2.21 bits per heavy atom. The molecule has 2 heterocycles. The number of carbonyl (C=O) groups excluding carboxylic acids is 3. The summed E-state index contributed by atoms with van der Waals surface area (Å²) in [6.45, 7) is 2.13. The summed E-state index contributed by atoms with van der Waals surface area (Å²) in [4.78, 5) is 37.3. The van der Waals surface area contributed by atoms with E-state index < -0.39 is 29.7 Å². The number of unbranched alkanes of at least 4 members (excludes halogenated alkanes) is 1. The molecule has 2 aliphatic heterocycles. The smallest absolute Gasteiger partial charge is 0.249 e. The normalized spacial score (nSPS) is 20.4. The molecule has 1 saturated heterocycles. The van der Waals surface area contributed by atoms with E-state index in [9.17, 15) is 29.2 Å². The molecule has 0 aromatic rings. The number of hydrogen-bond donors (Lipinski definition) is 3. The van der Waals surface area contributed by atoms with Gasteiger partial charge in [0, 0.05) is 13.0 Å². The highest BCUT2D eigenvalue weighted by Gasteiger charge is 2.35. The number of allylic oxidation sites excluding steroid dienone is 2. The highest BCUT2D eigenvalue weighted by Crippen LogP contribution is 2.26. The molecule has 156 valence electrons. The lowest BCUT2D eigenvalue weighted by molar-refractivity contribution is -0.163. The van der Waals surface area contributed by atoms with Crippen LogP contribution < -0.4 is 5.32 Å². The second-order valence-corrected chi connectivity index (χ2v) is 6.95. The lowest BCUT2D eigenvalue weighted by Crippen LogP contribution is -2.48. The van der Waals surface area contributed by atoms with Crippen LogP contribution in [-0.2, 0) is 14.4 Å². The Bertz CT molecular complexity index is 654. The first-order chi connectivity index (χ1) is 13.4. The Labute approximate surface area is 163 Å². The number of imide groups is 1. The van der Waals surface area contributed by atoms with Crippen molar-refractivity contribution < 1.29 is 29.2 Å². The first-order valence-electron chi connectivity index (χ1n) is 9.43. The first kappa shape index (κ1) is 21.8. The standard InChI is InChI=1S/C18H27FN4O5/c1-2-3-5-14(23(28)12-24)10-16(25)20-18(26)15-6-4-9-21(15)17-8-7-13(19)11-22(17)27/h7-8,12,14-15,27-28H,2-6,9-11H2,1H3,(H,20,25,26)/t14-,15-/m0/s1. The van der Waals surface area contributed by atoms with Crippen molar-refractivity contribution in [2.45, 2.75) is 57.5 Å². The zero-order chi connectivity index (χ0) is 20.7. The van der Waals surface area contributed by atoms with Crippen molar-refractivity contribution in [1.29, 1.82) is 0 Å². The molecule has 0 saturated carbocycles. The van der Waals surface area contributed by atoms with Gasteiger partial charge < -0.3 is 4.90 Å². The molecule has 2 rings (SSSR count). The molecule has 2 atom stereocenters. The van der Waals surface area contributed by atoms with Gasteiger partial charge >= 0.3 is 0 Å². The van der Waals surface area contributed by atoms with E-state index >= 15 is 0 Å². The minimum Gasteiger partial charge on any atom is -0.345 e. The molecular weight excluding hydrogens is 371 g/mol. The number of nitrogens with one attached hydrogen (secondary N) is 1. The van der Waals surface area contributed by atoms with E-state index in [1.807, 2.05) is 6.92 Å². The van der Waals surface area contributed by atoms with Crippen LogP contribution in [0.2, 0.25) is 0 Å². The van der Waals surface area contributed by atoms with Crippen molar-refractivity contribution in [3.8, 4) is 0 Å². The first-order valence-corrected chi connectivity index (χ1v) is 9.43. The molecule has 0 aromatic carbocycles. The number of amides is 3. The third-order valence-corrected chi connectivity index (χ3v) is 4.88. The van der Waals surface area contributed by atoms with Crippen LogP contribution in [0.1, 0.15) is 45.4 Å². The predicted octanol–water partition coefficient (Wildman–Crippen LogP) is 1.29. The van der Waals surface area contributed by atoms with Gasteiger partial charge in [0.05, 0.1) is 12.6 Å². The van der Waals surface area contributed by atoms with Crippen molar-refractivity contribution in [3.05, 3.63) is 23.8 Å². The lowest BCUT2D eigenvalue weighted by atomic mass is 10.1. The van der Waals surface area contributed by atoms with Crippen LogP contribution in [0, 0.1) is 0 Å². The molecule has 3 N–H and O–H groups in total. The SMILES string of the molecule is CCCC[C@@H](CC(=O)NC(=O)[C@@H]1CCCN1C1=CC=C(F)CN1O)N(O)C=O. The second-order valence-electron chi connectivity index (χ2n) is 6.95. The van der Waals surface area contributed by atoms with Gasteiger partial charge in [-0.2, -0.15) is 0 Å². The summed E-state index contributed by atoms with van der Waals surface area (Å²) < 4.78 is 13.2. The molecule has 9 nitrogen and oxygen atoms in total. The van der Waals surface area contributed by atoms with E-state index in [-0.39, 0.29) is 19.4 Å². The molecule has 10 heteroatoms. The number of carbonyl (C=O) groups is 3. The zero-order valence-electron chi connectivity index (χ0n) is 15.9. The van der Waals surface area contributed by atoms with Gasteiger partial charge in [-0.1, -0.05) is 19.8 Å². The van der Waals surface area contributed by atoms with E-state index in [0.29, 0.717) is 36.7 Å². The van der Waals surface area contributed by atoms with Gasteiger partial charge in [0.15, 0.2) is 0 Å². The molecule has 0 bridgehead atoms. The van der Waals surface area contributed by atoms with Gasteiger partial charge in [-0.15, -0.1) is 0 Å². The van der Waals surface area contributed by atoms with E-state index in [4.69, 9.17) is 0 Å². The molecule has 0 unspecified atom stereocenters. The van der Waals surface area contributed by atoms with Crippen molar-refractivity contribution in [2.75, 3.05) is 13.1 Å². The van der Waals surface area contributed by atoms with Crippen LogP contribution in [0.5, 0.6) is 0 Å². The topological polar surface area (TPSA) is 113 Å². The number of hydrogen-bond acceptors (Lipinski definition) is 7. The Morgan fingerprint density at radius 1 is 1.46 bits per heavy atom. The van der Waals surface area contributed by atoms with E-state index in [2.05, 4.69) is 5.32 Å². The van der Waals surface area contributed by atoms with Gasteiger partial charge in [-0.25, -0.2) is 14.5 Å². The fraction of sp³-hybridized carbons (Fsp3) is 0.611. The maximum Gasteiger partial charge on any atom is 0.249 e. The number of likely N-dealkylation sites (tertiary alicyclic amines) is 1. The lowest BCUT2D eigenvalue weighted by Gasteiger charge is -2.33. The molecule has 0 aliphatic carbocycles. The quantitative estimate of drug-likeness (QED) is 0.305. The fourth-order valence-corrected chi connectivity index (χ4v) is 3.42. The predicted molar refractivity (Wildman–Crippen MR) is 96.3 cm³/mol. The van der Waals surface area contributed by atoms with Crippen molar-refractivity contribution >= 4 is 18.2 Å². The van der Waals surface area contributed by atoms with E-state index in [1.54, 1.807) is 4.90 Å². The largest absolute Gasteiger partial charge is 0.345 e. The van der Waals surface area contributed by atoms with Crippen LogP contribution in [0.3, 0.4) is 0 Å². The highest BCUT2D eigenvalue weighted by atomic mass is 19.1. The third-order valence-electron chi connectivity index (χ3n) is 4.88.